The number of benzene rings is 2. The van der Waals surface area contributed by atoms with Gasteiger partial charge in [0.15, 0.2) is 11.6 Å². The first-order valence-electron chi connectivity index (χ1n) is 13.4. The maximum absolute atomic E-state index is 12.8. The van der Waals surface area contributed by atoms with Gasteiger partial charge in [0, 0.05) is 35.7 Å². The van der Waals surface area contributed by atoms with Crippen molar-refractivity contribution in [2.24, 2.45) is 4.99 Å². The van der Waals surface area contributed by atoms with Crippen LogP contribution in [0.1, 0.15) is 80.5 Å². The molecule has 2 aromatic heterocycles. The first-order chi connectivity index (χ1) is 19.5. The lowest BCUT2D eigenvalue weighted by atomic mass is 9.86. The Morgan fingerprint density at radius 2 is 1.54 bits per heavy atom. The van der Waals surface area contributed by atoms with Crippen molar-refractivity contribution in [1.82, 2.24) is 5.32 Å². The first-order valence-corrected chi connectivity index (χ1v) is 15.1. The molecule has 0 unspecified atom stereocenters. The molecule has 0 bridgehead atoms. The number of hydrogen-bond acceptors (Lipinski definition) is 7. The fraction of sp³-hybridized carbons (Fsp3) is 0.273. The van der Waals surface area contributed by atoms with E-state index in [-0.39, 0.29) is 35.2 Å². The molecule has 4 rings (SSSR count). The highest BCUT2D eigenvalue weighted by atomic mass is 32.1. The van der Waals surface area contributed by atoms with Gasteiger partial charge >= 0.3 is 0 Å². The summed E-state index contributed by atoms with van der Waals surface area (Å²) in [6.07, 6.45) is 0.855. The Kier molecular flexibility index (Phi) is 9.35. The van der Waals surface area contributed by atoms with Gasteiger partial charge in [-0.15, -0.1) is 22.7 Å². The number of Topliss-reactive ketones (excluding diaryl/α,β-unsaturated/α-hetero) is 2. The first kappa shape index (κ1) is 30.1. The molecule has 0 aliphatic carbocycles. The SMILES string of the molecule is CNC(=O)c1ccc(CCC(=O)c2ccc(C(=O)CN=C(C)c3csc(-c4ccc(C(C)(C)C)cc4)c3O)s2)cc1. The van der Waals surface area contributed by atoms with Gasteiger partial charge in [-0.2, -0.15) is 0 Å². The molecule has 4 aromatic rings. The van der Waals surface area contributed by atoms with Crippen molar-refractivity contribution in [2.75, 3.05) is 13.6 Å². The Morgan fingerprint density at radius 3 is 2.15 bits per heavy atom. The summed E-state index contributed by atoms with van der Waals surface area (Å²) < 4.78 is 0. The summed E-state index contributed by atoms with van der Waals surface area (Å²) in [5, 5.41) is 15.3. The van der Waals surface area contributed by atoms with Gasteiger partial charge in [0.2, 0.25) is 0 Å². The van der Waals surface area contributed by atoms with E-state index >= 15 is 0 Å². The standard InChI is InChI=1S/C33H34N2O4S2/c1-20(25-19-40-31(30(25)38)22-11-13-24(14-12-22)33(2,3)4)35-18-27(37)29-17-16-28(41-29)26(36)15-8-21-6-9-23(10-7-21)32(39)34-5/h6-7,9-14,16-17,19,38H,8,15,18H2,1-5H3,(H,34,39). The van der Waals surface area contributed by atoms with E-state index in [1.165, 1.54) is 28.2 Å². The van der Waals surface area contributed by atoms with Crippen LogP contribution < -0.4 is 5.32 Å². The quantitative estimate of drug-likeness (QED) is 0.150. The van der Waals surface area contributed by atoms with E-state index in [4.69, 9.17) is 0 Å². The number of rotatable bonds is 10. The van der Waals surface area contributed by atoms with Crippen LogP contribution in [0.5, 0.6) is 5.75 Å². The second-order valence-corrected chi connectivity index (χ2v) is 12.8. The van der Waals surface area contributed by atoms with E-state index in [2.05, 4.69) is 43.2 Å². The molecular formula is C33H34N2O4S2. The van der Waals surface area contributed by atoms with Gasteiger partial charge in [0.1, 0.15) is 12.3 Å². The van der Waals surface area contributed by atoms with Gasteiger partial charge in [-0.05, 0) is 59.7 Å². The summed E-state index contributed by atoms with van der Waals surface area (Å²) in [4.78, 5) is 43.5. The zero-order chi connectivity index (χ0) is 29.7. The highest BCUT2D eigenvalue weighted by molar-refractivity contribution is 7.16. The molecule has 2 aromatic carbocycles. The van der Waals surface area contributed by atoms with Crippen molar-refractivity contribution in [3.63, 3.8) is 0 Å². The molecule has 41 heavy (non-hydrogen) atoms. The normalized spacial score (nSPS) is 11.9. The van der Waals surface area contributed by atoms with Gasteiger partial charge in [-0.1, -0.05) is 57.2 Å². The second kappa shape index (κ2) is 12.7. The largest absolute Gasteiger partial charge is 0.506 e. The topological polar surface area (TPSA) is 95.8 Å². The molecule has 0 aliphatic rings. The predicted octanol–water partition coefficient (Wildman–Crippen LogP) is 7.35. The van der Waals surface area contributed by atoms with E-state index in [0.717, 1.165) is 16.0 Å². The van der Waals surface area contributed by atoms with E-state index in [1.807, 2.05) is 29.6 Å². The number of aliphatic imine (C=N–C) groups is 1. The highest BCUT2D eigenvalue weighted by Crippen LogP contribution is 2.39. The van der Waals surface area contributed by atoms with Crippen LogP contribution in [0.2, 0.25) is 0 Å². The lowest BCUT2D eigenvalue weighted by Crippen LogP contribution is -2.17. The minimum atomic E-state index is -0.175. The molecule has 212 valence electrons. The Hall–Kier alpha value is -3.88. The van der Waals surface area contributed by atoms with Crippen LogP contribution in [-0.2, 0) is 11.8 Å². The van der Waals surface area contributed by atoms with Crippen LogP contribution in [0.15, 0.2) is 71.0 Å². The molecule has 0 spiro atoms. The molecule has 6 nitrogen and oxygen atoms in total. The lowest BCUT2D eigenvalue weighted by molar-refractivity contribution is 0.0959. The summed E-state index contributed by atoms with van der Waals surface area (Å²) in [6, 6.07) is 18.7. The third-order valence-electron chi connectivity index (χ3n) is 6.87. The number of hydrogen-bond donors (Lipinski definition) is 2. The zero-order valence-corrected chi connectivity index (χ0v) is 25.5. The number of carbonyl (C=O) groups is 3. The van der Waals surface area contributed by atoms with Crippen molar-refractivity contribution < 1.29 is 19.5 Å². The smallest absolute Gasteiger partial charge is 0.251 e. The third-order valence-corrected chi connectivity index (χ3v) is 9.05. The maximum atomic E-state index is 12.8. The van der Waals surface area contributed by atoms with Crippen LogP contribution in [0, 0.1) is 0 Å². The van der Waals surface area contributed by atoms with Crippen LogP contribution in [0.25, 0.3) is 10.4 Å². The number of carbonyl (C=O) groups excluding carboxylic acids is 3. The van der Waals surface area contributed by atoms with Crippen molar-refractivity contribution in [3.8, 4) is 16.2 Å². The van der Waals surface area contributed by atoms with E-state index in [9.17, 15) is 19.5 Å². The summed E-state index contributed by atoms with van der Waals surface area (Å²) in [5.41, 5.74) is 4.94. The average molecular weight is 587 g/mol. The van der Waals surface area contributed by atoms with Gasteiger partial charge < -0.3 is 10.4 Å². The van der Waals surface area contributed by atoms with E-state index < -0.39 is 0 Å². The number of nitrogens with one attached hydrogen (secondary N) is 1. The summed E-state index contributed by atoms with van der Waals surface area (Å²) >= 11 is 2.62. The highest BCUT2D eigenvalue weighted by Gasteiger charge is 2.18. The van der Waals surface area contributed by atoms with E-state index in [0.29, 0.717) is 39.4 Å². The van der Waals surface area contributed by atoms with E-state index in [1.54, 1.807) is 38.2 Å². The molecule has 0 atom stereocenters. The minimum Gasteiger partial charge on any atom is -0.506 e. The number of ketones is 2. The third kappa shape index (κ3) is 7.26. The fourth-order valence-electron chi connectivity index (χ4n) is 4.27. The molecule has 1 amide bonds. The summed E-state index contributed by atoms with van der Waals surface area (Å²) in [6.45, 7) is 8.21. The Labute approximate surface area is 248 Å². The van der Waals surface area contributed by atoms with Crippen molar-refractivity contribution in [1.29, 1.82) is 0 Å². The van der Waals surface area contributed by atoms with Crippen LogP contribution in [0.3, 0.4) is 0 Å². The average Bonchev–Trinajstić information content (AvgIpc) is 3.61. The maximum Gasteiger partial charge on any atom is 0.251 e. The van der Waals surface area contributed by atoms with Crippen molar-refractivity contribution in [2.45, 2.75) is 46.0 Å². The van der Waals surface area contributed by atoms with Crippen LogP contribution in [-0.4, -0.2) is 41.9 Å². The fourth-order valence-corrected chi connectivity index (χ4v) is 6.19. The lowest BCUT2D eigenvalue weighted by Gasteiger charge is -2.19. The number of thiophene rings is 2. The number of nitrogens with zero attached hydrogens (tertiary/aromatic N) is 1. The second-order valence-electron chi connectivity index (χ2n) is 10.8. The predicted molar refractivity (Wildman–Crippen MR) is 168 cm³/mol. The number of aromatic hydroxyl groups is 1. The van der Waals surface area contributed by atoms with Crippen molar-refractivity contribution >= 4 is 45.9 Å². The Bertz CT molecular complexity index is 1590. The molecule has 2 heterocycles. The Morgan fingerprint density at radius 1 is 0.902 bits per heavy atom. The molecule has 0 saturated heterocycles. The number of amides is 1. The van der Waals surface area contributed by atoms with Gasteiger partial charge in [0.25, 0.3) is 5.91 Å². The molecule has 0 aliphatic heterocycles. The zero-order valence-electron chi connectivity index (χ0n) is 23.9. The molecule has 0 radical (unpaired) electrons. The molecule has 2 N–H and O–H groups in total. The summed E-state index contributed by atoms with van der Waals surface area (Å²) in [5.74, 6) is -0.192. The minimum absolute atomic E-state index is 0.0321. The van der Waals surface area contributed by atoms with Gasteiger partial charge in [-0.3, -0.25) is 19.4 Å². The Balaban J connectivity index is 1.35. The number of aryl methyl sites for hydroxylation is 1. The summed E-state index contributed by atoms with van der Waals surface area (Å²) in [7, 11) is 1.58. The molecule has 0 fully saturated rings. The molecular weight excluding hydrogens is 553 g/mol. The van der Waals surface area contributed by atoms with Gasteiger partial charge in [-0.25, -0.2) is 0 Å². The van der Waals surface area contributed by atoms with Crippen LogP contribution in [0.4, 0.5) is 0 Å². The molecule has 0 saturated carbocycles. The molecule has 8 heteroatoms. The monoisotopic (exact) mass is 586 g/mol. The van der Waals surface area contributed by atoms with Crippen LogP contribution >= 0.6 is 22.7 Å². The van der Waals surface area contributed by atoms with Gasteiger partial charge in [0.05, 0.1) is 14.6 Å². The van der Waals surface area contributed by atoms with Crippen molar-refractivity contribution in [3.05, 3.63) is 98.1 Å².